The van der Waals surface area contributed by atoms with Crippen LogP contribution in [-0.2, 0) is 0 Å². The second-order valence-corrected chi connectivity index (χ2v) is 5.18. The number of nitrogens with two attached hydrogens (primary N) is 1. The van der Waals surface area contributed by atoms with Gasteiger partial charge in [0, 0.05) is 12.2 Å². The van der Waals surface area contributed by atoms with Gasteiger partial charge in [-0.3, -0.25) is 14.5 Å². The topological polar surface area (TPSA) is 75.4 Å². The van der Waals surface area contributed by atoms with Gasteiger partial charge in [-0.25, -0.2) is 0 Å². The highest BCUT2D eigenvalue weighted by Gasteiger charge is 2.38. The standard InChI is InChI=1S/C14H17N3O2/c15-11-3-1-2-10-12(11)14(19)17(13(10)18)8-9-4-6-16-7-5-9/h1-3,9,16H,4-8,15H2. The number of benzene rings is 1. The second kappa shape index (κ2) is 4.66. The van der Waals surface area contributed by atoms with Crippen molar-refractivity contribution in [2.75, 3.05) is 25.4 Å². The summed E-state index contributed by atoms with van der Waals surface area (Å²) in [6.45, 7) is 2.42. The summed E-state index contributed by atoms with van der Waals surface area (Å²) in [6.07, 6.45) is 2.01. The summed E-state index contributed by atoms with van der Waals surface area (Å²) in [4.78, 5) is 25.9. The minimum atomic E-state index is -0.239. The van der Waals surface area contributed by atoms with Gasteiger partial charge >= 0.3 is 0 Å². The van der Waals surface area contributed by atoms with Gasteiger partial charge in [-0.2, -0.15) is 0 Å². The Bertz CT molecular complexity index is 535. The molecule has 0 radical (unpaired) electrons. The number of nitrogen functional groups attached to an aromatic ring is 1. The number of anilines is 1. The molecular weight excluding hydrogens is 242 g/mol. The predicted octanol–water partition coefficient (Wildman–Crippen LogP) is 0.864. The summed E-state index contributed by atoms with van der Waals surface area (Å²) in [5.74, 6) is -0.0489. The lowest BCUT2D eigenvalue weighted by atomic mass is 9.97. The number of rotatable bonds is 2. The Morgan fingerprint density at radius 3 is 2.63 bits per heavy atom. The molecule has 3 N–H and O–H groups in total. The summed E-state index contributed by atoms with van der Waals surface area (Å²) in [5.41, 5.74) is 7.02. The maximum absolute atomic E-state index is 12.3. The van der Waals surface area contributed by atoms with E-state index in [0.29, 0.717) is 29.3 Å². The van der Waals surface area contributed by atoms with Crippen LogP contribution in [0.1, 0.15) is 33.6 Å². The number of imide groups is 1. The highest BCUT2D eigenvalue weighted by Crippen LogP contribution is 2.29. The van der Waals surface area contributed by atoms with Crippen LogP contribution in [0.5, 0.6) is 0 Å². The third kappa shape index (κ3) is 2.00. The molecule has 1 aromatic carbocycles. The van der Waals surface area contributed by atoms with E-state index in [4.69, 9.17) is 5.73 Å². The molecule has 2 heterocycles. The van der Waals surface area contributed by atoms with Crippen LogP contribution in [0, 0.1) is 5.92 Å². The van der Waals surface area contributed by atoms with Crippen molar-refractivity contribution in [1.82, 2.24) is 10.2 Å². The van der Waals surface area contributed by atoms with Crippen molar-refractivity contribution in [2.24, 2.45) is 5.92 Å². The van der Waals surface area contributed by atoms with E-state index < -0.39 is 0 Å². The smallest absolute Gasteiger partial charge is 0.263 e. The third-order valence-electron chi connectivity index (χ3n) is 3.93. The first-order valence-corrected chi connectivity index (χ1v) is 6.64. The highest BCUT2D eigenvalue weighted by atomic mass is 16.2. The first-order valence-electron chi connectivity index (χ1n) is 6.64. The zero-order valence-electron chi connectivity index (χ0n) is 10.7. The van der Waals surface area contributed by atoms with Crippen LogP contribution in [0.4, 0.5) is 5.69 Å². The first-order chi connectivity index (χ1) is 9.18. The van der Waals surface area contributed by atoms with Gasteiger partial charge in [0.1, 0.15) is 0 Å². The molecular formula is C14H17N3O2. The molecule has 0 aromatic heterocycles. The quantitative estimate of drug-likeness (QED) is 0.610. The minimum absolute atomic E-state index is 0.203. The van der Waals surface area contributed by atoms with Crippen LogP contribution in [0.25, 0.3) is 0 Å². The van der Waals surface area contributed by atoms with Crippen LogP contribution >= 0.6 is 0 Å². The van der Waals surface area contributed by atoms with Crippen molar-refractivity contribution < 1.29 is 9.59 Å². The van der Waals surface area contributed by atoms with E-state index in [9.17, 15) is 9.59 Å². The Labute approximate surface area is 111 Å². The van der Waals surface area contributed by atoms with Crippen molar-refractivity contribution in [3.63, 3.8) is 0 Å². The molecule has 2 aliphatic heterocycles. The molecule has 3 rings (SSSR count). The normalized spacial score (nSPS) is 19.9. The molecule has 0 atom stereocenters. The molecule has 0 aliphatic carbocycles. The van der Waals surface area contributed by atoms with Crippen molar-refractivity contribution >= 4 is 17.5 Å². The molecule has 0 spiro atoms. The molecule has 0 saturated carbocycles. The molecule has 1 aromatic rings. The Balaban J connectivity index is 1.84. The lowest BCUT2D eigenvalue weighted by Gasteiger charge is -2.26. The fourth-order valence-corrected chi connectivity index (χ4v) is 2.85. The SMILES string of the molecule is Nc1cccc2c1C(=O)N(CC1CCNCC1)C2=O. The van der Waals surface area contributed by atoms with E-state index in [1.807, 2.05) is 0 Å². The Morgan fingerprint density at radius 2 is 1.95 bits per heavy atom. The van der Waals surface area contributed by atoms with Gasteiger partial charge in [-0.05, 0) is 44.0 Å². The van der Waals surface area contributed by atoms with Gasteiger partial charge in [0.05, 0.1) is 11.1 Å². The molecule has 1 fully saturated rings. The molecule has 100 valence electrons. The van der Waals surface area contributed by atoms with Gasteiger partial charge in [0.25, 0.3) is 11.8 Å². The summed E-state index contributed by atoms with van der Waals surface area (Å²) in [6, 6.07) is 5.06. The molecule has 1 saturated heterocycles. The van der Waals surface area contributed by atoms with Crippen LogP contribution in [0.3, 0.4) is 0 Å². The molecule has 5 nitrogen and oxygen atoms in total. The lowest BCUT2D eigenvalue weighted by Crippen LogP contribution is -2.39. The van der Waals surface area contributed by atoms with E-state index in [-0.39, 0.29) is 11.8 Å². The van der Waals surface area contributed by atoms with Crippen LogP contribution in [-0.4, -0.2) is 36.3 Å². The molecule has 0 unspecified atom stereocenters. The van der Waals surface area contributed by atoms with E-state index in [0.717, 1.165) is 25.9 Å². The van der Waals surface area contributed by atoms with Crippen LogP contribution in [0.2, 0.25) is 0 Å². The fourth-order valence-electron chi connectivity index (χ4n) is 2.85. The van der Waals surface area contributed by atoms with Crippen molar-refractivity contribution in [3.8, 4) is 0 Å². The van der Waals surface area contributed by atoms with Crippen molar-refractivity contribution in [1.29, 1.82) is 0 Å². The number of carbonyl (C=O) groups is 2. The summed E-state index contributed by atoms with van der Waals surface area (Å²) >= 11 is 0. The van der Waals surface area contributed by atoms with E-state index >= 15 is 0 Å². The van der Waals surface area contributed by atoms with Crippen molar-refractivity contribution in [2.45, 2.75) is 12.8 Å². The number of fused-ring (bicyclic) bond motifs is 1. The summed E-state index contributed by atoms with van der Waals surface area (Å²) in [5, 5.41) is 3.28. The van der Waals surface area contributed by atoms with Gasteiger partial charge in [-0.1, -0.05) is 6.07 Å². The molecule has 0 bridgehead atoms. The maximum atomic E-state index is 12.3. The molecule has 19 heavy (non-hydrogen) atoms. The Morgan fingerprint density at radius 1 is 1.21 bits per heavy atom. The van der Waals surface area contributed by atoms with E-state index in [1.165, 1.54) is 4.90 Å². The average molecular weight is 259 g/mol. The van der Waals surface area contributed by atoms with E-state index in [2.05, 4.69) is 5.32 Å². The van der Waals surface area contributed by atoms with Crippen LogP contribution < -0.4 is 11.1 Å². The number of piperidine rings is 1. The minimum Gasteiger partial charge on any atom is -0.398 e. The molecule has 5 heteroatoms. The Kier molecular flexibility index (Phi) is 2.98. The number of nitrogens with zero attached hydrogens (tertiary/aromatic N) is 1. The third-order valence-corrected chi connectivity index (χ3v) is 3.93. The van der Waals surface area contributed by atoms with Gasteiger partial charge in [0.15, 0.2) is 0 Å². The largest absolute Gasteiger partial charge is 0.398 e. The number of hydrogen-bond acceptors (Lipinski definition) is 4. The highest BCUT2D eigenvalue weighted by molar-refractivity contribution is 6.23. The number of carbonyl (C=O) groups excluding carboxylic acids is 2. The molecule has 2 aliphatic rings. The second-order valence-electron chi connectivity index (χ2n) is 5.18. The number of hydrogen-bond donors (Lipinski definition) is 2. The monoisotopic (exact) mass is 259 g/mol. The van der Waals surface area contributed by atoms with Crippen LogP contribution in [0.15, 0.2) is 18.2 Å². The van der Waals surface area contributed by atoms with Gasteiger partial charge in [0.2, 0.25) is 0 Å². The predicted molar refractivity (Wildman–Crippen MR) is 71.8 cm³/mol. The summed E-state index contributed by atoms with van der Waals surface area (Å²) < 4.78 is 0. The maximum Gasteiger partial charge on any atom is 0.263 e. The zero-order chi connectivity index (χ0) is 13.4. The number of nitrogens with one attached hydrogen (secondary N) is 1. The van der Waals surface area contributed by atoms with Crippen molar-refractivity contribution in [3.05, 3.63) is 29.3 Å². The fraction of sp³-hybridized carbons (Fsp3) is 0.429. The van der Waals surface area contributed by atoms with Gasteiger partial charge in [-0.15, -0.1) is 0 Å². The van der Waals surface area contributed by atoms with Gasteiger partial charge < -0.3 is 11.1 Å². The summed E-state index contributed by atoms with van der Waals surface area (Å²) in [7, 11) is 0. The molecule has 2 amide bonds. The van der Waals surface area contributed by atoms with E-state index in [1.54, 1.807) is 18.2 Å². The average Bonchev–Trinajstić information content (AvgIpc) is 2.66. The lowest BCUT2D eigenvalue weighted by molar-refractivity contribution is 0.0619. The number of amides is 2. The first kappa shape index (κ1) is 12.2. The zero-order valence-corrected chi connectivity index (χ0v) is 10.7. The Hall–Kier alpha value is -1.88.